The van der Waals surface area contributed by atoms with Crippen LogP contribution in [0.3, 0.4) is 0 Å². The van der Waals surface area contributed by atoms with Crippen molar-refractivity contribution in [2.24, 2.45) is 11.1 Å². The first-order valence-corrected chi connectivity index (χ1v) is 9.11. The van der Waals surface area contributed by atoms with Crippen molar-refractivity contribution >= 4 is 34.0 Å². The first-order chi connectivity index (χ1) is 10.1. The number of rotatable bonds is 3. The lowest BCUT2D eigenvalue weighted by atomic mass is 9.79. The monoisotopic (exact) mass is 361 g/mol. The maximum Gasteiger partial charge on any atom is 0.256 e. The predicted molar refractivity (Wildman–Crippen MR) is 94.4 cm³/mol. The van der Waals surface area contributed by atoms with Crippen LogP contribution in [0.1, 0.15) is 30.6 Å². The van der Waals surface area contributed by atoms with Crippen molar-refractivity contribution in [2.45, 2.75) is 26.3 Å². The molecule has 1 aromatic rings. The molecule has 0 radical (unpaired) electrons. The van der Waals surface area contributed by atoms with Crippen LogP contribution in [0.2, 0.25) is 0 Å². The number of nitrogens with zero attached hydrogens (tertiary/aromatic N) is 1. The lowest BCUT2D eigenvalue weighted by Crippen LogP contribution is -2.54. The number of sulfonamides is 1. The van der Waals surface area contributed by atoms with Crippen LogP contribution in [0.15, 0.2) is 24.3 Å². The number of likely N-dealkylation sites (tertiary alicyclic amines) is 1. The number of benzene rings is 1. The summed E-state index contributed by atoms with van der Waals surface area (Å²) in [6, 6.07) is 6.70. The first-order valence-electron chi connectivity index (χ1n) is 7.22. The van der Waals surface area contributed by atoms with Gasteiger partial charge in [0.2, 0.25) is 10.0 Å². The van der Waals surface area contributed by atoms with Gasteiger partial charge in [-0.25, -0.2) is 8.42 Å². The van der Waals surface area contributed by atoms with Gasteiger partial charge in [0.05, 0.1) is 17.5 Å². The van der Waals surface area contributed by atoms with Crippen LogP contribution >= 0.6 is 12.4 Å². The summed E-state index contributed by atoms with van der Waals surface area (Å²) in [6.07, 6.45) is 1.80. The Morgan fingerprint density at radius 2 is 1.96 bits per heavy atom. The standard InChI is InChI=1S/C15H23N3O3S.ClH/c1-15(2)10-18(9-8-13(15)16)14(19)11-6-4-5-7-12(11)17-22(3,20)21;/h4-7,13,17H,8-10,16H2,1-3H3;1H. The molecule has 0 aromatic heterocycles. The minimum Gasteiger partial charge on any atom is -0.338 e. The quantitative estimate of drug-likeness (QED) is 0.856. The lowest BCUT2D eigenvalue weighted by molar-refractivity contribution is 0.0534. The van der Waals surface area contributed by atoms with E-state index in [9.17, 15) is 13.2 Å². The maximum atomic E-state index is 12.8. The molecule has 23 heavy (non-hydrogen) atoms. The van der Waals surface area contributed by atoms with Crippen LogP contribution in [-0.2, 0) is 10.0 Å². The lowest BCUT2D eigenvalue weighted by Gasteiger charge is -2.42. The molecule has 1 fully saturated rings. The number of nitrogens with two attached hydrogens (primary N) is 1. The molecule has 0 bridgehead atoms. The van der Waals surface area contributed by atoms with E-state index in [1.165, 1.54) is 0 Å². The Morgan fingerprint density at radius 3 is 2.52 bits per heavy atom. The molecule has 0 spiro atoms. The summed E-state index contributed by atoms with van der Waals surface area (Å²) in [7, 11) is -3.44. The fourth-order valence-corrected chi connectivity index (χ4v) is 3.25. The van der Waals surface area contributed by atoms with Gasteiger partial charge < -0.3 is 10.6 Å². The molecule has 1 atom stereocenters. The van der Waals surface area contributed by atoms with Crippen molar-refractivity contribution in [1.82, 2.24) is 4.90 Å². The fourth-order valence-electron chi connectivity index (χ4n) is 2.68. The zero-order valence-electron chi connectivity index (χ0n) is 13.6. The Balaban J connectivity index is 0.00000264. The highest BCUT2D eigenvalue weighted by atomic mass is 35.5. The molecule has 130 valence electrons. The van der Waals surface area contributed by atoms with Gasteiger partial charge in [0, 0.05) is 19.1 Å². The highest BCUT2D eigenvalue weighted by Crippen LogP contribution is 2.29. The SMILES string of the molecule is CC1(C)CN(C(=O)c2ccccc2NS(C)(=O)=O)CCC1N.Cl. The fraction of sp³-hybridized carbons (Fsp3) is 0.533. The van der Waals surface area contributed by atoms with Gasteiger partial charge in [0.1, 0.15) is 0 Å². The number of nitrogens with one attached hydrogen (secondary N) is 1. The summed E-state index contributed by atoms with van der Waals surface area (Å²) < 4.78 is 25.3. The molecule has 1 aromatic carbocycles. The summed E-state index contributed by atoms with van der Waals surface area (Å²) in [4.78, 5) is 14.5. The van der Waals surface area contributed by atoms with Crippen LogP contribution in [0.4, 0.5) is 5.69 Å². The van der Waals surface area contributed by atoms with E-state index in [4.69, 9.17) is 5.73 Å². The van der Waals surface area contributed by atoms with Crippen molar-refractivity contribution in [3.8, 4) is 0 Å². The summed E-state index contributed by atoms with van der Waals surface area (Å²) in [5.41, 5.74) is 6.61. The van der Waals surface area contributed by atoms with Gasteiger partial charge >= 0.3 is 0 Å². The van der Waals surface area contributed by atoms with Gasteiger partial charge in [-0.1, -0.05) is 26.0 Å². The molecule has 1 amide bonds. The predicted octanol–water partition coefficient (Wildman–Crippen LogP) is 1.68. The van der Waals surface area contributed by atoms with Crippen molar-refractivity contribution in [2.75, 3.05) is 24.1 Å². The van der Waals surface area contributed by atoms with Gasteiger partial charge in [0.25, 0.3) is 5.91 Å². The highest BCUT2D eigenvalue weighted by Gasteiger charge is 2.36. The van der Waals surface area contributed by atoms with Gasteiger partial charge in [0.15, 0.2) is 0 Å². The second-order valence-electron chi connectivity index (χ2n) is 6.53. The maximum absolute atomic E-state index is 12.8. The number of carbonyl (C=O) groups excluding carboxylic acids is 1. The van der Waals surface area contributed by atoms with E-state index in [0.29, 0.717) is 24.3 Å². The Hall–Kier alpha value is -1.31. The second kappa shape index (κ2) is 7.07. The zero-order valence-corrected chi connectivity index (χ0v) is 15.2. The third-order valence-electron chi connectivity index (χ3n) is 4.05. The number of hydrogen-bond acceptors (Lipinski definition) is 4. The van der Waals surface area contributed by atoms with Crippen LogP contribution in [0, 0.1) is 5.41 Å². The Bertz CT molecular complexity index is 676. The summed E-state index contributed by atoms with van der Waals surface area (Å²) in [5, 5.41) is 0. The van der Waals surface area contributed by atoms with E-state index in [0.717, 1.165) is 12.7 Å². The molecule has 0 saturated carbocycles. The number of carbonyl (C=O) groups is 1. The number of halogens is 1. The Morgan fingerprint density at radius 1 is 1.35 bits per heavy atom. The normalized spacial score (nSPS) is 20.5. The van der Waals surface area contributed by atoms with E-state index in [1.54, 1.807) is 29.2 Å². The van der Waals surface area contributed by atoms with E-state index in [1.807, 2.05) is 13.8 Å². The Labute approximate surface area is 143 Å². The minimum atomic E-state index is -3.44. The van der Waals surface area contributed by atoms with E-state index in [2.05, 4.69) is 4.72 Å². The van der Waals surface area contributed by atoms with Gasteiger partial charge in [-0.2, -0.15) is 0 Å². The molecular weight excluding hydrogens is 338 g/mol. The average Bonchev–Trinajstić information content (AvgIpc) is 2.40. The third kappa shape index (κ3) is 4.83. The van der Waals surface area contributed by atoms with Crippen LogP contribution in [0.25, 0.3) is 0 Å². The Kier molecular flexibility index (Phi) is 6.06. The molecule has 1 aliphatic rings. The first kappa shape index (κ1) is 19.7. The molecule has 1 unspecified atom stereocenters. The smallest absolute Gasteiger partial charge is 0.256 e. The number of hydrogen-bond donors (Lipinski definition) is 2. The van der Waals surface area contributed by atoms with E-state index >= 15 is 0 Å². The van der Waals surface area contributed by atoms with Crippen molar-refractivity contribution < 1.29 is 13.2 Å². The molecule has 1 heterocycles. The molecule has 3 N–H and O–H groups in total. The number of piperidine rings is 1. The van der Waals surface area contributed by atoms with Crippen LogP contribution in [0.5, 0.6) is 0 Å². The largest absolute Gasteiger partial charge is 0.338 e. The van der Waals surface area contributed by atoms with Gasteiger partial charge in [-0.3, -0.25) is 9.52 Å². The summed E-state index contributed by atoms with van der Waals surface area (Å²) in [6.45, 7) is 5.21. The van der Waals surface area contributed by atoms with Crippen LogP contribution in [-0.4, -0.2) is 44.6 Å². The van der Waals surface area contributed by atoms with Gasteiger partial charge in [-0.15, -0.1) is 12.4 Å². The molecule has 6 nitrogen and oxygen atoms in total. The van der Waals surface area contributed by atoms with Gasteiger partial charge in [-0.05, 0) is 24.0 Å². The van der Waals surface area contributed by atoms with Crippen LogP contribution < -0.4 is 10.5 Å². The molecular formula is C15H24ClN3O3S. The summed E-state index contributed by atoms with van der Waals surface area (Å²) in [5.74, 6) is -0.174. The van der Waals surface area contributed by atoms with Crippen molar-refractivity contribution in [3.05, 3.63) is 29.8 Å². The van der Waals surface area contributed by atoms with Crippen molar-refractivity contribution in [3.63, 3.8) is 0 Å². The second-order valence-corrected chi connectivity index (χ2v) is 8.28. The topological polar surface area (TPSA) is 92.5 Å². The minimum absolute atomic E-state index is 0. The van der Waals surface area contributed by atoms with E-state index < -0.39 is 10.0 Å². The molecule has 1 aliphatic heterocycles. The molecule has 2 rings (SSSR count). The van der Waals surface area contributed by atoms with E-state index in [-0.39, 0.29) is 29.8 Å². The molecule has 0 aliphatic carbocycles. The zero-order chi connectivity index (χ0) is 16.5. The highest BCUT2D eigenvalue weighted by molar-refractivity contribution is 7.92. The molecule has 1 saturated heterocycles. The molecule has 8 heteroatoms. The third-order valence-corrected chi connectivity index (χ3v) is 4.64. The number of anilines is 1. The summed E-state index contributed by atoms with van der Waals surface area (Å²) >= 11 is 0. The average molecular weight is 362 g/mol. The van der Waals surface area contributed by atoms with Crippen molar-refractivity contribution in [1.29, 1.82) is 0 Å². The number of amides is 1. The number of para-hydroxylation sites is 1.